The fourth-order valence-electron chi connectivity index (χ4n) is 1.49. The summed E-state index contributed by atoms with van der Waals surface area (Å²) in [6, 6.07) is 14.9. The zero-order valence-corrected chi connectivity index (χ0v) is 10.1. The van der Waals surface area contributed by atoms with Crippen molar-refractivity contribution in [1.29, 1.82) is 0 Å². The maximum atomic E-state index is 11.5. The summed E-state index contributed by atoms with van der Waals surface area (Å²) < 4.78 is 4.90. The maximum Gasteiger partial charge on any atom is 0.356 e. The smallest absolute Gasteiger partial charge is 0.356 e. The molecule has 0 aliphatic heterocycles. The lowest BCUT2D eigenvalue weighted by molar-refractivity contribution is 0.0519. The molecule has 0 amide bonds. The molecule has 92 valence electrons. The number of esters is 1. The Labute approximate surface area is 106 Å². The molecule has 0 atom stereocenters. The van der Waals surface area contributed by atoms with Gasteiger partial charge in [0.15, 0.2) is 5.69 Å². The van der Waals surface area contributed by atoms with E-state index in [9.17, 15) is 4.79 Å². The van der Waals surface area contributed by atoms with Crippen LogP contribution in [0.15, 0.2) is 48.5 Å². The van der Waals surface area contributed by atoms with Crippen LogP contribution in [0.2, 0.25) is 0 Å². The zero-order chi connectivity index (χ0) is 12.8. The van der Waals surface area contributed by atoms with E-state index in [0.717, 1.165) is 5.69 Å². The minimum absolute atomic E-state index is 0.304. The molecular weight excluding hydrogens is 228 g/mol. The largest absolute Gasteiger partial charge is 0.461 e. The lowest BCUT2D eigenvalue weighted by Crippen LogP contribution is -2.07. The Morgan fingerprint density at radius 2 is 1.94 bits per heavy atom. The van der Waals surface area contributed by atoms with Crippen molar-refractivity contribution in [1.82, 2.24) is 4.98 Å². The average molecular weight is 242 g/mol. The predicted octanol–water partition coefficient (Wildman–Crippen LogP) is 3.00. The first-order valence-corrected chi connectivity index (χ1v) is 5.76. The summed E-state index contributed by atoms with van der Waals surface area (Å²) in [4.78, 5) is 15.7. The molecule has 18 heavy (non-hydrogen) atoms. The van der Waals surface area contributed by atoms with Crippen molar-refractivity contribution >= 4 is 17.5 Å². The first-order chi connectivity index (χ1) is 8.79. The molecule has 1 aromatic heterocycles. The number of benzene rings is 1. The van der Waals surface area contributed by atoms with Crippen molar-refractivity contribution in [2.45, 2.75) is 6.92 Å². The molecule has 0 unspecified atom stereocenters. The summed E-state index contributed by atoms with van der Waals surface area (Å²) in [6.45, 7) is 2.11. The fraction of sp³-hybridized carbons (Fsp3) is 0.143. The molecule has 0 bridgehead atoms. The van der Waals surface area contributed by atoms with E-state index in [1.54, 1.807) is 25.1 Å². The predicted molar refractivity (Wildman–Crippen MR) is 69.9 cm³/mol. The highest BCUT2D eigenvalue weighted by molar-refractivity contribution is 5.87. The molecule has 2 rings (SSSR count). The zero-order valence-electron chi connectivity index (χ0n) is 10.1. The van der Waals surface area contributed by atoms with Crippen LogP contribution in [0.3, 0.4) is 0 Å². The monoisotopic (exact) mass is 242 g/mol. The molecular formula is C14H14N2O2. The second kappa shape index (κ2) is 5.82. The minimum Gasteiger partial charge on any atom is -0.461 e. The Morgan fingerprint density at radius 1 is 1.17 bits per heavy atom. The highest BCUT2D eigenvalue weighted by Gasteiger charge is 2.08. The van der Waals surface area contributed by atoms with E-state index in [1.807, 2.05) is 30.3 Å². The second-order valence-corrected chi connectivity index (χ2v) is 3.62. The Hall–Kier alpha value is -2.36. The van der Waals surface area contributed by atoms with Crippen molar-refractivity contribution in [3.63, 3.8) is 0 Å². The van der Waals surface area contributed by atoms with Gasteiger partial charge in [-0.3, -0.25) is 0 Å². The minimum atomic E-state index is -0.408. The normalized spacial score (nSPS) is 9.83. The highest BCUT2D eigenvalue weighted by Crippen LogP contribution is 2.14. The number of anilines is 2. The van der Waals surface area contributed by atoms with Crippen LogP contribution in [0.1, 0.15) is 17.4 Å². The van der Waals surface area contributed by atoms with Crippen LogP contribution in [0.4, 0.5) is 11.5 Å². The number of carbonyl (C=O) groups is 1. The second-order valence-electron chi connectivity index (χ2n) is 3.62. The Kier molecular flexibility index (Phi) is 3.91. The van der Waals surface area contributed by atoms with Gasteiger partial charge < -0.3 is 10.1 Å². The number of aromatic nitrogens is 1. The third-order valence-corrected chi connectivity index (χ3v) is 2.28. The van der Waals surface area contributed by atoms with E-state index in [1.165, 1.54) is 0 Å². The summed E-state index contributed by atoms with van der Waals surface area (Å²) in [5.41, 5.74) is 1.23. The number of nitrogens with one attached hydrogen (secondary N) is 1. The number of pyridine rings is 1. The summed E-state index contributed by atoms with van der Waals surface area (Å²) >= 11 is 0. The number of rotatable bonds is 4. The summed E-state index contributed by atoms with van der Waals surface area (Å²) in [5, 5.41) is 3.12. The standard InChI is InChI=1S/C14H14N2O2/c1-2-18-14(17)12-9-6-10-13(16-12)15-11-7-4-3-5-8-11/h3-10H,2H2,1H3,(H,15,16). The topological polar surface area (TPSA) is 51.2 Å². The SMILES string of the molecule is CCOC(=O)c1cccc(Nc2ccccc2)n1. The molecule has 0 aliphatic carbocycles. The van der Waals surface area contributed by atoms with Gasteiger partial charge in [-0.1, -0.05) is 24.3 Å². The van der Waals surface area contributed by atoms with E-state index >= 15 is 0 Å². The van der Waals surface area contributed by atoms with Gasteiger partial charge in [0.2, 0.25) is 0 Å². The van der Waals surface area contributed by atoms with Crippen LogP contribution >= 0.6 is 0 Å². The van der Waals surface area contributed by atoms with Crippen molar-refractivity contribution in [3.05, 3.63) is 54.2 Å². The van der Waals surface area contributed by atoms with E-state index in [-0.39, 0.29) is 0 Å². The maximum absolute atomic E-state index is 11.5. The van der Waals surface area contributed by atoms with Gasteiger partial charge in [0.1, 0.15) is 5.82 Å². The number of hydrogen-bond acceptors (Lipinski definition) is 4. The fourth-order valence-corrected chi connectivity index (χ4v) is 1.49. The summed E-state index contributed by atoms with van der Waals surface area (Å²) in [5.74, 6) is 0.209. The highest BCUT2D eigenvalue weighted by atomic mass is 16.5. The summed E-state index contributed by atoms with van der Waals surface area (Å²) in [6.07, 6.45) is 0. The van der Waals surface area contributed by atoms with Gasteiger partial charge in [0.05, 0.1) is 6.61 Å². The van der Waals surface area contributed by atoms with Crippen LogP contribution in [-0.4, -0.2) is 17.6 Å². The first-order valence-electron chi connectivity index (χ1n) is 5.76. The quantitative estimate of drug-likeness (QED) is 0.837. The molecule has 1 N–H and O–H groups in total. The molecule has 0 saturated carbocycles. The molecule has 0 spiro atoms. The Morgan fingerprint density at radius 3 is 2.67 bits per heavy atom. The molecule has 0 saturated heterocycles. The lowest BCUT2D eigenvalue weighted by atomic mass is 10.3. The van der Waals surface area contributed by atoms with Gasteiger partial charge in [-0.25, -0.2) is 9.78 Å². The van der Waals surface area contributed by atoms with Crippen LogP contribution in [0, 0.1) is 0 Å². The molecule has 4 heteroatoms. The van der Waals surface area contributed by atoms with Gasteiger partial charge in [0, 0.05) is 5.69 Å². The van der Waals surface area contributed by atoms with Crippen LogP contribution < -0.4 is 5.32 Å². The van der Waals surface area contributed by atoms with E-state index in [0.29, 0.717) is 18.1 Å². The van der Waals surface area contributed by atoms with E-state index in [2.05, 4.69) is 10.3 Å². The first kappa shape index (κ1) is 12.1. The molecule has 4 nitrogen and oxygen atoms in total. The average Bonchev–Trinajstić information content (AvgIpc) is 2.40. The molecule has 1 aromatic carbocycles. The number of ether oxygens (including phenoxy) is 1. The number of carbonyl (C=O) groups excluding carboxylic acids is 1. The van der Waals surface area contributed by atoms with Gasteiger partial charge in [0.25, 0.3) is 0 Å². The van der Waals surface area contributed by atoms with Crippen LogP contribution in [0.25, 0.3) is 0 Å². The Balaban J connectivity index is 2.15. The van der Waals surface area contributed by atoms with Crippen molar-refractivity contribution in [2.24, 2.45) is 0 Å². The van der Waals surface area contributed by atoms with Crippen LogP contribution in [-0.2, 0) is 4.74 Å². The molecule has 0 aliphatic rings. The van der Waals surface area contributed by atoms with Gasteiger partial charge in [-0.15, -0.1) is 0 Å². The van der Waals surface area contributed by atoms with Crippen molar-refractivity contribution in [3.8, 4) is 0 Å². The van der Waals surface area contributed by atoms with Gasteiger partial charge in [-0.2, -0.15) is 0 Å². The van der Waals surface area contributed by atoms with Crippen molar-refractivity contribution in [2.75, 3.05) is 11.9 Å². The van der Waals surface area contributed by atoms with E-state index < -0.39 is 5.97 Å². The number of para-hydroxylation sites is 1. The van der Waals surface area contributed by atoms with Gasteiger partial charge >= 0.3 is 5.97 Å². The van der Waals surface area contributed by atoms with Crippen molar-refractivity contribution < 1.29 is 9.53 Å². The summed E-state index contributed by atoms with van der Waals surface area (Å²) in [7, 11) is 0. The molecule has 1 heterocycles. The number of hydrogen-bond donors (Lipinski definition) is 1. The molecule has 0 fully saturated rings. The third kappa shape index (κ3) is 3.07. The lowest BCUT2D eigenvalue weighted by Gasteiger charge is -2.06. The van der Waals surface area contributed by atoms with Crippen LogP contribution in [0.5, 0.6) is 0 Å². The van der Waals surface area contributed by atoms with E-state index in [4.69, 9.17) is 4.74 Å². The number of nitrogens with zero attached hydrogens (tertiary/aromatic N) is 1. The molecule has 2 aromatic rings. The molecule has 0 radical (unpaired) electrons. The third-order valence-electron chi connectivity index (χ3n) is 2.28. The van der Waals surface area contributed by atoms with Gasteiger partial charge in [-0.05, 0) is 31.2 Å². The Bertz CT molecular complexity index is 526.